The number of hydrogen-bond acceptors (Lipinski definition) is 3. The van der Waals surface area contributed by atoms with Crippen molar-refractivity contribution in [1.82, 2.24) is 14.4 Å². The summed E-state index contributed by atoms with van der Waals surface area (Å²) in [4.78, 5) is 38.7. The Morgan fingerprint density at radius 3 is 2.46 bits per heavy atom. The largest absolute Gasteiger partial charge is 0.481 e. The molecule has 8 heteroatoms. The van der Waals surface area contributed by atoms with E-state index in [1.165, 1.54) is 4.90 Å². The van der Waals surface area contributed by atoms with Crippen molar-refractivity contribution in [2.45, 2.75) is 27.3 Å². The van der Waals surface area contributed by atoms with Crippen LogP contribution >= 0.6 is 0 Å². The van der Waals surface area contributed by atoms with Crippen LogP contribution in [0.2, 0.25) is 0 Å². The zero-order valence-corrected chi connectivity index (χ0v) is 16.8. The van der Waals surface area contributed by atoms with E-state index in [-0.39, 0.29) is 25.0 Å². The lowest BCUT2D eigenvalue weighted by molar-refractivity contribution is -0.141. The van der Waals surface area contributed by atoms with Gasteiger partial charge >= 0.3 is 12.0 Å². The molecule has 2 N–H and O–H groups in total. The number of urea groups is 1. The summed E-state index contributed by atoms with van der Waals surface area (Å²) in [7, 11) is 1.56. The molecule has 0 saturated carbocycles. The van der Waals surface area contributed by atoms with Gasteiger partial charge in [-0.3, -0.25) is 9.59 Å². The van der Waals surface area contributed by atoms with E-state index >= 15 is 0 Å². The van der Waals surface area contributed by atoms with Crippen molar-refractivity contribution in [3.05, 3.63) is 30.5 Å². The third-order valence-electron chi connectivity index (χ3n) is 4.76. The molecule has 0 spiro atoms. The molecule has 1 heterocycles. The van der Waals surface area contributed by atoms with Crippen LogP contribution < -0.4 is 5.32 Å². The first-order valence-corrected chi connectivity index (χ1v) is 9.38. The summed E-state index contributed by atoms with van der Waals surface area (Å²) in [5.41, 5.74) is 1.52. The van der Waals surface area contributed by atoms with Gasteiger partial charge in [0.1, 0.15) is 6.54 Å². The molecule has 0 bridgehead atoms. The average Bonchev–Trinajstić information content (AvgIpc) is 3.04. The highest BCUT2D eigenvalue weighted by Crippen LogP contribution is 2.21. The molecule has 1 aromatic heterocycles. The summed E-state index contributed by atoms with van der Waals surface area (Å²) in [5, 5.41) is 12.6. The molecule has 0 fully saturated rings. The first-order valence-electron chi connectivity index (χ1n) is 9.38. The van der Waals surface area contributed by atoms with Crippen LogP contribution in [-0.4, -0.2) is 64.1 Å². The fourth-order valence-corrected chi connectivity index (χ4v) is 3.03. The number of rotatable bonds is 8. The van der Waals surface area contributed by atoms with Gasteiger partial charge in [0.05, 0.1) is 5.92 Å². The van der Waals surface area contributed by atoms with Crippen LogP contribution in [0.25, 0.3) is 10.9 Å². The Kier molecular flexibility index (Phi) is 7.03. The van der Waals surface area contributed by atoms with E-state index < -0.39 is 11.9 Å². The minimum Gasteiger partial charge on any atom is -0.481 e. The number of amides is 3. The van der Waals surface area contributed by atoms with Gasteiger partial charge < -0.3 is 24.8 Å². The van der Waals surface area contributed by atoms with E-state index in [9.17, 15) is 14.4 Å². The van der Waals surface area contributed by atoms with Crippen LogP contribution in [0.1, 0.15) is 20.8 Å². The van der Waals surface area contributed by atoms with Crippen molar-refractivity contribution < 1.29 is 19.5 Å². The Balaban J connectivity index is 2.08. The maximum Gasteiger partial charge on any atom is 0.321 e. The van der Waals surface area contributed by atoms with Crippen LogP contribution in [0.4, 0.5) is 10.5 Å². The molecule has 0 radical (unpaired) electrons. The van der Waals surface area contributed by atoms with Gasteiger partial charge in [-0.1, -0.05) is 6.92 Å². The normalized spacial score (nSPS) is 11.9. The Labute approximate surface area is 164 Å². The summed E-state index contributed by atoms with van der Waals surface area (Å²) in [6.07, 6.45) is 1.86. The highest BCUT2D eigenvalue weighted by Gasteiger charge is 2.18. The minimum atomic E-state index is -0.943. The number of carboxylic acid groups (broad SMARTS) is 1. The number of carbonyl (C=O) groups is 3. The van der Waals surface area contributed by atoms with Gasteiger partial charge in [-0.2, -0.15) is 0 Å². The number of nitrogens with zero attached hydrogens (tertiary/aromatic N) is 3. The number of benzene rings is 1. The van der Waals surface area contributed by atoms with E-state index in [1.807, 2.05) is 42.8 Å². The van der Waals surface area contributed by atoms with Crippen LogP contribution in [0.5, 0.6) is 0 Å². The third kappa shape index (κ3) is 5.03. The lowest BCUT2D eigenvalue weighted by Crippen LogP contribution is -2.36. The maximum atomic E-state index is 12.3. The lowest BCUT2D eigenvalue weighted by atomic mass is 10.2. The number of aromatic nitrogens is 1. The van der Waals surface area contributed by atoms with E-state index in [1.54, 1.807) is 24.9 Å². The fourth-order valence-electron chi connectivity index (χ4n) is 3.03. The first kappa shape index (κ1) is 21.3. The minimum absolute atomic E-state index is 0.0639. The lowest BCUT2D eigenvalue weighted by Gasteiger charge is -2.20. The molecule has 1 unspecified atom stereocenters. The molecular weight excluding hydrogens is 360 g/mol. The van der Waals surface area contributed by atoms with Crippen molar-refractivity contribution in [1.29, 1.82) is 0 Å². The second-order valence-electron chi connectivity index (χ2n) is 6.83. The van der Waals surface area contributed by atoms with Gasteiger partial charge in [-0.25, -0.2) is 4.79 Å². The zero-order valence-electron chi connectivity index (χ0n) is 16.8. The smallest absolute Gasteiger partial charge is 0.321 e. The predicted molar refractivity (Wildman–Crippen MR) is 108 cm³/mol. The summed E-state index contributed by atoms with van der Waals surface area (Å²) in [6.45, 7) is 7.22. The SMILES string of the molecule is CCN(CC)C(=O)Cn1ccc2cc(NC(=O)N(C)CC(C)C(=O)O)ccc21. The molecule has 2 aromatic rings. The monoisotopic (exact) mass is 388 g/mol. The standard InChI is InChI=1S/C20H28N4O4/c1-5-23(6-2)18(25)13-24-10-9-15-11-16(7-8-17(15)24)21-20(28)22(4)12-14(3)19(26)27/h7-11,14H,5-6,12-13H2,1-4H3,(H,21,28)(H,26,27). The quantitative estimate of drug-likeness (QED) is 0.727. The molecule has 8 nitrogen and oxygen atoms in total. The first-order chi connectivity index (χ1) is 13.3. The number of anilines is 1. The Bertz CT molecular complexity index is 857. The summed E-state index contributed by atoms with van der Waals surface area (Å²) in [6, 6.07) is 6.99. The Hall–Kier alpha value is -3.03. The number of fused-ring (bicyclic) bond motifs is 1. The van der Waals surface area contributed by atoms with E-state index in [4.69, 9.17) is 5.11 Å². The number of carboxylic acids is 1. The van der Waals surface area contributed by atoms with Crippen LogP contribution in [-0.2, 0) is 16.1 Å². The molecule has 28 heavy (non-hydrogen) atoms. The average molecular weight is 388 g/mol. The molecule has 0 aliphatic rings. The molecule has 0 saturated heterocycles. The molecule has 1 aromatic carbocycles. The molecule has 152 valence electrons. The van der Waals surface area contributed by atoms with E-state index in [0.29, 0.717) is 18.8 Å². The number of hydrogen-bond donors (Lipinski definition) is 2. The zero-order chi connectivity index (χ0) is 20.8. The summed E-state index contributed by atoms with van der Waals surface area (Å²) >= 11 is 0. The van der Waals surface area contributed by atoms with Gasteiger partial charge in [0.15, 0.2) is 0 Å². The third-order valence-corrected chi connectivity index (χ3v) is 4.76. The second-order valence-corrected chi connectivity index (χ2v) is 6.83. The van der Waals surface area contributed by atoms with Gasteiger partial charge in [0, 0.05) is 49.5 Å². The van der Waals surface area contributed by atoms with Gasteiger partial charge in [-0.05, 0) is 38.1 Å². The van der Waals surface area contributed by atoms with Crippen LogP contribution in [0, 0.1) is 5.92 Å². The van der Waals surface area contributed by atoms with E-state index in [0.717, 1.165) is 10.9 Å². The number of carbonyl (C=O) groups excluding carboxylic acids is 2. The topological polar surface area (TPSA) is 94.9 Å². The van der Waals surface area contributed by atoms with Crippen LogP contribution in [0.3, 0.4) is 0 Å². The van der Waals surface area contributed by atoms with Crippen molar-refractivity contribution in [3.8, 4) is 0 Å². The van der Waals surface area contributed by atoms with Crippen molar-refractivity contribution >= 4 is 34.5 Å². The maximum absolute atomic E-state index is 12.3. The van der Waals surface area contributed by atoms with Gasteiger partial charge in [-0.15, -0.1) is 0 Å². The van der Waals surface area contributed by atoms with E-state index in [2.05, 4.69) is 5.32 Å². The molecular formula is C20H28N4O4. The Morgan fingerprint density at radius 1 is 1.18 bits per heavy atom. The molecule has 3 amide bonds. The van der Waals surface area contributed by atoms with Crippen molar-refractivity contribution in [2.24, 2.45) is 5.92 Å². The van der Waals surface area contributed by atoms with Crippen LogP contribution in [0.15, 0.2) is 30.5 Å². The van der Waals surface area contributed by atoms with Gasteiger partial charge in [0.25, 0.3) is 0 Å². The summed E-state index contributed by atoms with van der Waals surface area (Å²) < 4.78 is 1.89. The van der Waals surface area contributed by atoms with Crippen molar-refractivity contribution in [3.63, 3.8) is 0 Å². The molecule has 1 atom stereocenters. The Morgan fingerprint density at radius 2 is 1.86 bits per heavy atom. The molecule has 2 rings (SSSR count). The number of aliphatic carboxylic acids is 1. The van der Waals surface area contributed by atoms with Gasteiger partial charge in [0.2, 0.25) is 5.91 Å². The fraction of sp³-hybridized carbons (Fsp3) is 0.450. The number of likely N-dealkylation sites (N-methyl/N-ethyl adjacent to an activating group) is 1. The predicted octanol–water partition coefficient (Wildman–Crippen LogP) is 2.69. The second kappa shape index (κ2) is 9.25. The highest BCUT2D eigenvalue weighted by atomic mass is 16.4. The molecule has 0 aliphatic carbocycles. The highest BCUT2D eigenvalue weighted by molar-refractivity contribution is 5.93. The summed E-state index contributed by atoms with van der Waals surface area (Å²) in [5.74, 6) is -1.52. The van der Waals surface area contributed by atoms with Crippen molar-refractivity contribution in [2.75, 3.05) is 32.0 Å². The molecule has 0 aliphatic heterocycles. The number of nitrogens with one attached hydrogen (secondary N) is 1.